The molecule has 19 heavy (non-hydrogen) atoms. The Hall–Kier alpha value is -0.840. The molecule has 1 N–H and O–H groups in total. The minimum atomic E-state index is 0.113. The second-order valence-corrected chi connectivity index (χ2v) is 6.03. The number of hydrogen-bond acceptors (Lipinski definition) is 4. The minimum Gasteiger partial charge on any atom is -0.353 e. The molecule has 1 heterocycles. The Balaban J connectivity index is 2.19. The van der Waals surface area contributed by atoms with E-state index < -0.39 is 0 Å². The monoisotopic (exact) mass is 315 g/mol. The van der Waals surface area contributed by atoms with Crippen LogP contribution in [0.3, 0.4) is 0 Å². The van der Waals surface area contributed by atoms with Crippen LogP contribution in [0.25, 0.3) is 0 Å². The number of halogens is 2. The van der Waals surface area contributed by atoms with Gasteiger partial charge in [0.2, 0.25) is 5.13 Å². The van der Waals surface area contributed by atoms with Crippen molar-refractivity contribution in [3.05, 3.63) is 38.8 Å². The van der Waals surface area contributed by atoms with Crippen LogP contribution in [0.15, 0.2) is 18.2 Å². The molecule has 0 bridgehead atoms. The van der Waals surface area contributed by atoms with Crippen molar-refractivity contribution >= 4 is 39.7 Å². The Bertz CT molecular complexity index is 557. The van der Waals surface area contributed by atoms with Crippen LogP contribution in [-0.2, 0) is 6.42 Å². The highest BCUT2D eigenvalue weighted by atomic mass is 35.5. The smallest absolute Gasteiger partial charge is 0.206 e. The first-order valence-electron chi connectivity index (χ1n) is 6.17. The van der Waals surface area contributed by atoms with E-state index in [-0.39, 0.29) is 6.04 Å². The van der Waals surface area contributed by atoms with Crippen molar-refractivity contribution in [2.45, 2.75) is 32.7 Å². The average Bonchev–Trinajstić information content (AvgIpc) is 2.84. The third-order valence-corrected chi connectivity index (χ3v) is 4.37. The first-order chi connectivity index (χ1) is 9.13. The van der Waals surface area contributed by atoms with Gasteiger partial charge in [-0.3, -0.25) is 0 Å². The molecule has 1 unspecified atom stereocenters. The molecule has 6 heteroatoms. The third kappa shape index (κ3) is 3.59. The Kier molecular flexibility index (Phi) is 5.02. The Morgan fingerprint density at radius 3 is 2.63 bits per heavy atom. The van der Waals surface area contributed by atoms with Gasteiger partial charge in [0.25, 0.3) is 0 Å². The zero-order valence-electron chi connectivity index (χ0n) is 10.8. The van der Waals surface area contributed by atoms with Crippen LogP contribution in [0.5, 0.6) is 0 Å². The maximum atomic E-state index is 6.24. The molecular formula is C13H15Cl2N3S. The third-order valence-electron chi connectivity index (χ3n) is 2.81. The van der Waals surface area contributed by atoms with E-state index in [9.17, 15) is 0 Å². The lowest BCUT2D eigenvalue weighted by Gasteiger charge is -2.17. The highest BCUT2D eigenvalue weighted by molar-refractivity contribution is 7.15. The number of anilines is 1. The quantitative estimate of drug-likeness (QED) is 0.846. The molecular weight excluding hydrogens is 301 g/mol. The minimum absolute atomic E-state index is 0.113. The van der Waals surface area contributed by atoms with E-state index in [2.05, 4.69) is 29.4 Å². The van der Waals surface area contributed by atoms with Gasteiger partial charge in [0.05, 0.1) is 6.04 Å². The second kappa shape index (κ2) is 6.55. The second-order valence-electron chi connectivity index (χ2n) is 4.13. The SMILES string of the molecule is CCc1nnc(NC(CC)c2ccc(Cl)cc2Cl)s1. The van der Waals surface area contributed by atoms with Gasteiger partial charge < -0.3 is 5.32 Å². The van der Waals surface area contributed by atoms with Crippen molar-refractivity contribution in [3.8, 4) is 0 Å². The van der Waals surface area contributed by atoms with Crippen LogP contribution in [-0.4, -0.2) is 10.2 Å². The highest BCUT2D eigenvalue weighted by Gasteiger charge is 2.15. The summed E-state index contributed by atoms with van der Waals surface area (Å²) in [6.07, 6.45) is 1.81. The molecule has 1 aromatic heterocycles. The molecule has 2 aromatic rings. The number of aryl methyl sites for hydroxylation is 1. The van der Waals surface area contributed by atoms with Crippen molar-refractivity contribution in [1.82, 2.24) is 10.2 Å². The van der Waals surface area contributed by atoms with E-state index >= 15 is 0 Å². The van der Waals surface area contributed by atoms with E-state index in [1.807, 2.05) is 12.1 Å². The van der Waals surface area contributed by atoms with Gasteiger partial charge in [-0.25, -0.2) is 0 Å². The Labute approximate surface area is 127 Å². The van der Waals surface area contributed by atoms with Crippen molar-refractivity contribution in [2.24, 2.45) is 0 Å². The van der Waals surface area contributed by atoms with Crippen molar-refractivity contribution < 1.29 is 0 Å². The lowest BCUT2D eigenvalue weighted by Crippen LogP contribution is -2.10. The summed E-state index contributed by atoms with van der Waals surface area (Å²) >= 11 is 13.7. The maximum Gasteiger partial charge on any atom is 0.206 e. The summed E-state index contributed by atoms with van der Waals surface area (Å²) in [7, 11) is 0. The van der Waals surface area contributed by atoms with Gasteiger partial charge in [-0.1, -0.05) is 54.5 Å². The molecule has 0 aliphatic rings. The van der Waals surface area contributed by atoms with Crippen molar-refractivity contribution in [2.75, 3.05) is 5.32 Å². The lowest BCUT2D eigenvalue weighted by atomic mass is 10.0. The standard InChI is InChI=1S/C13H15Cl2N3S/c1-3-11(9-6-5-8(14)7-10(9)15)16-13-18-17-12(4-2)19-13/h5-7,11H,3-4H2,1-2H3,(H,16,18). The number of nitrogens with zero attached hydrogens (tertiary/aromatic N) is 2. The molecule has 0 saturated heterocycles. The number of rotatable bonds is 5. The highest BCUT2D eigenvalue weighted by Crippen LogP contribution is 2.31. The van der Waals surface area contributed by atoms with Crippen molar-refractivity contribution in [3.63, 3.8) is 0 Å². The van der Waals surface area contributed by atoms with E-state index in [1.165, 1.54) is 0 Å². The van der Waals surface area contributed by atoms with Gasteiger partial charge in [-0.05, 0) is 30.5 Å². The number of nitrogens with one attached hydrogen (secondary N) is 1. The molecule has 2 rings (SSSR count). The molecule has 0 aliphatic carbocycles. The predicted molar refractivity (Wildman–Crippen MR) is 82.4 cm³/mol. The fraction of sp³-hybridized carbons (Fsp3) is 0.385. The predicted octanol–water partition coefficient (Wildman–Crippen LogP) is 4.97. The molecule has 102 valence electrons. The van der Waals surface area contributed by atoms with E-state index in [1.54, 1.807) is 17.4 Å². The molecule has 0 amide bonds. The summed E-state index contributed by atoms with van der Waals surface area (Å²) in [5.41, 5.74) is 1.03. The molecule has 1 aromatic carbocycles. The lowest BCUT2D eigenvalue weighted by molar-refractivity contribution is 0.745. The van der Waals surface area contributed by atoms with Crippen LogP contribution in [0.4, 0.5) is 5.13 Å². The number of hydrogen-bond donors (Lipinski definition) is 1. The summed E-state index contributed by atoms with van der Waals surface area (Å²) in [5.74, 6) is 0. The van der Waals surface area contributed by atoms with Gasteiger partial charge >= 0.3 is 0 Å². The molecule has 1 atom stereocenters. The molecule has 0 spiro atoms. The average molecular weight is 316 g/mol. The fourth-order valence-electron chi connectivity index (χ4n) is 1.79. The fourth-order valence-corrected chi connectivity index (χ4v) is 3.06. The van der Waals surface area contributed by atoms with E-state index in [0.717, 1.165) is 28.5 Å². The topological polar surface area (TPSA) is 37.8 Å². The van der Waals surface area contributed by atoms with Crippen LogP contribution >= 0.6 is 34.5 Å². The molecule has 0 saturated carbocycles. The summed E-state index contributed by atoms with van der Waals surface area (Å²) < 4.78 is 0. The van der Waals surface area contributed by atoms with Crippen LogP contribution in [0.2, 0.25) is 10.0 Å². The van der Waals surface area contributed by atoms with Crippen molar-refractivity contribution in [1.29, 1.82) is 0 Å². The normalized spacial score (nSPS) is 12.4. The summed E-state index contributed by atoms with van der Waals surface area (Å²) in [4.78, 5) is 0. The van der Waals surface area contributed by atoms with Crippen LogP contribution in [0.1, 0.15) is 36.9 Å². The molecule has 0 aliphatic heterocycles. The molecule has 3 nitrogen and oxygen atoms in total. The first kappa shape index (κ1) is 14.6. The van der Waals surface area contributed by atoms with Crippen LogP contribution in [0, 0.1) is 0 Å². The Morgan fingerprint density at radius 1 is 1.26 bits per heavy atom. The first-order valence-corrected chi connectivity index (χ1v) is 7.75. The molecule has 0 radical (unpaired) electrons. The largest absolute Gasteiger partial charge is 0.353 e. The number of aromatic nitrogens is 2. The number of benzene rings is 1. The van der Waals surface area contributed by atoms with E-state index in [4.69, 9.17) is 23.2 Å². The zero-order chi connectivity index (χ0) is 13.8. The summed E-state index contributed by atoms with van der Waals surface area (Å²) in [6.45, 7) is 4.17. The maximum absolute atomic E-state index is 6.24. The zero-order valence-corrected chi connectivity index (χ0v) is 13.1. The van der Waals surface area contributed by atoms with Gasteiger partial charge in [-0.15, -0.1) is 10.2 Å². The Morgan fingerprint density at radius 2 is 2.05 bits per heavy atom. The molecule has 0 fully saturated rings. The van der Waals surface area contributed by atoms with Gasteiger partial charge in [0.1, 0.15) is 5.01 Å². The van der Waals surface area contributed by atoms with Gasteiger partial charge in [0, 0.05) is 10.0 Å². The summed E-state index contributed by atoms with van der Waals surface area (Å²) in [6, 6.07) is 5.68. The summed E-state index contributed by atoms with van der Waals surface area (Å²) in [5, 5.41) is 14.8. The van der Waals surface area contributed by atoms with Gasteiger partial charge in [0.15, 0.2) is 0 Å². The van der Waals surface area contributed by atoms with Crippen LogP contribution < -0.4 is 5.32 Å². The van der Waals surface area contributed by atoms with E-state index in [0.29, 0.717) is 10.0 Å². The van der Waals surface area contributed by atoms with Gasteiger partial charge in [-0.2, -0.15) is 0 Å².